The topological polar surface area (TPSA) is 69.9 Å². The highest BCUT2D eigenvalue weighted by Gasteiger charge is 2.33. The van der Waals surface area contributed by atoms with Crippen LogP contribution in [-0.2, 0) is 0 Å². The Kier molecular flexibility index (Phi) is 4.42. The number of aryl methyl sites for hydroxylation is 2. The van der Waals surface area contributed by atoms with Crippen LogP contribution in [0, 0.1) is 19.8 Å². The standard InChI is InChI=1S/C21H24N4O2/c1-5-16(14-6-7-14)25-17-10-11-22-19(20(17)24-13(3)21(25)26)15-8-9-18(27-4)23-12(15)2/h8-11,14,16H,5-7H2,1-4H3. The Morgan fingerprint density at radius 3 is 2.59 bits per heavy atom. The average Bonchev–Trinajstić information content (AvgIpc) is 3.50. The Bertz CT molecular complexity index is 1070. The van der Waals surface area contributed by atoms with Gasteiger partial charge in [-0.1, -0.05) is 6.92 Å². The van der Waals surface area contributed by atoms with E-state index in [1.807, 2.05) is 29.7 Å². The van der Waals surface area contributed by atoms with Gasteiger partial charge in [0.15, 0.2) is 0 Å². The summed E-state index contributed by atoms with van der Waals surface area (Å²) in [7, 11) is 1.60. The normalized spacial score (nSPS) is 15.1. The zero-order chi connectivity index (χ0) is 19.1. The molecular weight excluding hydrogens is 340 g/mol. The molecule has 6 nitrogen and oxygen atoms in total. The number of fused-ring (bicyclic) bond motifs is 1. The predicted molar refractivity (Wildman–Crippen MR) is 105 cm³/mol. The van der Waals surface area contributed by atoms with E-state index in [9.17, 15) is 4.79 Å². The molecule has 140 valence electrons. The lowest BCUT2D eigenvalue weighted by molar-refractivity contribution is 0.397. The van der Waals surface area contributed by atoms with Crippen molar-refractivity contribution in [2.45, 2.75) is 46.1 Å². The van der Waals surface area contributed by atoms with Gasteiger partial charge >= 0.3 is 0 Å². The molecule has 0 spiro atoms. The fraction of sp³-hybridized carbons (Fsp3) is 0.429. The number of hydrogen-bond acceptors (Lipinski definition) is 5. The van der Waals surface area contributed by atoms with Gasteiger partial charge in [-0.05, 0) is 51.2 Å². The Labute approximate surface area is 158 Å². The first-order chi connectivity index (χ1) is 13.0. The molecular formula is C21H24N4O2. The summed E-state index contributed by atoms with van der Waals surface area (Å²) >= 11 is 0. The zero-order valence-electron chi connectivity index (χ0n) is 16.2. The van der Waals surface area contributed by atoms with Crippen molar-refractivity contribution >= 4 is 11.0 Å². The monoisotopic (exact) mass is 364 g/mol. The third kappa shape index (κ3) is 2.99. The number of hydrogen-bond donors (Lipinski definition) is 0. The largest absolute Gasteiger partial charge is 0.481 e. The highest BCUT2D eigenvalue weighted by molar-refractivity contribution is 5.90. The number of rotatable bonds is 5. The number of methoxy groups -OCH3 is 1. The van der Waals surface area contributed by atoms with Crippen LogP contribution in [0.4, 0.5) is 0 Å². The molecule has 1 atom stereocenters. The smallest absolute Gasteiger partial charge is 0.272 e. The third-order valence-corrected chi connectivity index (χ3v) is 5.41. The van der Waals surface area contributed by atoms with Crippen molar-refractivity contribution in [1.29, 1.82) is 0 Å². The average molecular weight is 364 g/mol. The molecule has 1 aliphatic rings. The SMILES string of the molecule is CCC(C1CC1)n1c(=O)c(C)nc2c(-c3ccc(OC)nc3C)nccc21. The van der Waals surface area contributed by atoms with E-state index in [1.54, 1.807) is 20.2 Å². The maximum Gasteiger partial charge on any atom is 0.272 e. The Morgan fingerprint density at radius 2 is 1.96 bits per heavy atom. The van der Waals surface area contributed by atoms with Crippen molar-refractivity contribution in [1.82, 2.24) is 19.5 Å². The van der Waals surface area contributed by atoms with E-state index < -0.39 is 0 Å². The Morgan fingerprint density at radius 1 is 1.19 bits per heavy atom. The summed E-state index contributed by atoms with van der Waals surface area (Å²) in [5.74, 6) is 1.15. The molecule has 0 aromatic carbocycles. The van der Waals surface area contributed by atoms with E-state index in [0.717, 1.165) is 34.4 Å². The van der Waals surface area contributed by atoms with E-state index in [1.165, 1.54) is 12.8 Å². The van der Waals surface area contributed by atoms with Gasteiger partial charge in [-0.25, -0.2) is 9.97 Å². The molecule has 6 heteroatoms. The van der Waals surface area contributed by atoms with Gasteiger partial charge in [0.2, 0.25) is 5.88 Å². The highest BCUT2D eigenvalue weighted by atomic mass is 16.5. The molecule has 3 heterocycles. The summed E-state index contributed by atoms with van der Waals surface area (Å²) < 4.78 is 7.17. The molecule has 27 heavy (non-hydrogen) atoms. The summed E-state index contributed by atoms with van der Waals surface area (Å²) in [6.07, 6.45) is 5.07. The lowest BCUT2D eigenvalue weighted by Crippen LogP contribution is -2.29. The number of pyridine rings is 2. The van der Waals surface area contributed by atoms with E-state index in [4.69, 9.17) is 4.74 Å². The molecule has 0 N–H and O–H groups in total. The molecule has 1 unspecified atom stereocenters. The number of ether oxygens (including phenoxy) is 1. The van der Waals surface area contributed by atoms with Gasteiger partial charge < -0.3 is 9.30 Å². The second kappa shape index (κ2) is 6.76. The van der Waals surface area contributed by atoms with Crippen molar-refractivity contribution in [3.05, 3.63) is 46.1 Å². The van der Waals surface area contributed by atoms with Crippen molar-refractivity contribution in [2.24, 2.45) is 5.92 Å². The lowest BCUT2D eigenvalue weighted by Gasteiger charge is -2.21. The van der Waals surface area contributed by atoms with Gasteiger partial charge in [0, 0.05) is 23.9 Å². The molecule has 0 amide bonds. The second-order valence-electron chi connectivity index (χ2n) is 7.20. The van der Waals surface area contributed by atoms with Crippen LogP contribution in [0.3, 0.4) is 0 Å². The van der Waals surface area contributed by atoms with Gasteiger partial charge in [-0.2, -0.15) is 0 Å². The van der Waals surface area contributed by atoms with E-state index in [2.05, 4.69) is 21.9 Å². The fourth-order valence-corrected chi connectivity index (χ4v) is 3.88. The molecule has 0 radical (unpaired) electrons. The van der Waals surface area contributed by atoms with Gasteiger partial charge in [-0.3, -0.25) is 9.78 Å². The van der Waals surface area contributed by atoms with E-state index in [-0.39, 0.29) is 11.6 Å². The first-order valence-electron chi connectivity index (χ1n) is 9.45. The van der Waals surface area contributed by atoms with Gasteiger partial charge in [0.1, 0.15) is 11.2 Å². The van der Waals surface area contributed by atoms with Crippen LogP contribution < -0.4 is 10.3 Å². The minimum atomic E-state index is 0.00276. The Hall–Kier alpha value is -2.76. The summed E-state index contributed by atoms with van der Waals surface area (Å²) in [5.41, 5.74) is 4.59. The summed E-state index contributed by atoms with van der Waals surface area (Å²) in [6.45, 7) is 5.87. The van der Waals surface area contributed by atoms with Crippen molar-refractivity contribution in [3.63, 3.8) is 0 Å². The first-order valence-corrected chi connectivity index (χ1v) is 9.45. The molecule has 1 saturated carbocycles. The maximum absolute atomic E-state index is 13.0. The van der Waals surface area contributed by atoms with Crippen molar-refractivity contribution < 1.29 is 4.74 Å². The van der Waals surface area contributed by atoms with Gasteiger partial charge in [-0.15, -0.1) is 0 Å². The number of nitrogens with zero attached hydrogens (tertiary/aromatic N) is 4. The van der Waals surface area contributed by atoms with Crippen molar-refractivity contribution in [3.8, 4) is 17.1 Å². The van der Waals surface area contributed by atoms with E-state index in [0.29, 0.717) is 17.5 Å². The van der Waals surface area contributed by atoms with Crippen LogP contribution >= 0.6 is 0 Å². The molecule has 1 aliphatic carbocycles. The van der Waals surface area contributed by atoms with Gasteiger partial charge in [0.05, 0.1) is 24.0 Å². The lowest BCUT2D eigenvalue weighted by atomic mass is 10.1. The first kappa shape index (κ1) is 17.6. The second-order valence-corrected chi connectivity index (χ2v) is 7.20. The van der Waals surface area contributed by atoms with Gasteiger partial charge in [0.25, 0.3) is 5.56 Å². The molecule has 4 rings (SSSR count). The van der Waals surface area contributed by atoms with Crippen LogP contribution in [0.15, 0.2) is 29.2 Å². The van der Waals surface area contributed by atoms with Crippen molar-refractivity contribution in [2.75, 3.05) is 7.11 Å². The summed E-state index contributed by atoms with van der Waals surface area (Å²) in [5, 5.41) is 0. The van der Waals surface area contributed by atoms with E-state index >= 15 is 0 Å². The molecule has 1 fully saturated rings. The molecule has 3 aromatic rings. The fourth-order valence-electron chi connectivity index (χ4n) is 3.88. The minimum Gasteiger partial charge on any atom is -0.481 e. The summed E-state index contributed by atoms with van der Waals surface area (Å²) in [6, 6.07) is 5.90. The maximum atomic E-state index is 13.0. The van der Waals surface area contributed by atoms with Crippen LogP contribution in [0.2, 0.25) is 0 Å². The highest BCUT2D eigenvalue weighted by Crippen LogP contribution is 2.42. The van der Waals surface area contributed by atoms with Crippen LogP contribution in [0.5, 0.6) is 5.88 Å². The van der Waals surface area contributed by atoms with Crippen LogP contribution in [0.1, 0.15) is 43.6 Å². The van der Waals surface area contributed by atoms with Crippen LogP contribution in [-0.4, -0.2) is 26.6 Å². The predicted octanol–water partition coefficient (Wildman–Crippen LogP) is 3.84. The number of aromatic nitrogens is 4. The quantitative estimate of drug-likeness (QED) is 0.688. The molecule has 0 bridgehead atoms. The van der Waals surface area contributed by atoms with Crippen LogP contribution in [0.25, 0.3) is 22.3 Å². The zero-order valence-corrected chi connectivity index (χ0v) is 16.2. The molecule has 0 saturated heterocycles. The third-order valence-electron chi connectivity index (χ3n) is 5.41. The summed E-state index contributed by atoms with van der Waals surface area (Å²) in [4.78, 5) is 26.7. The molecule has 0 aliphatic heterocycles. The molecule has 3 aromatic heterocycles. The Balaban J connectivity index is 1.99. The minimum absolute atomic E-state index is 0.00276.